The lowest BCUT2D eigenvalue weighted by molar-refractivity contribution is 0.0377. The maximum absolute atomic E-state index is 5.54. The number of rotatable bonds is 11. The molecule has 0 aromatic rings. The van der Waals surface area contributed by atoms with Gasteiger partial charge in [0.25, 0.3) is 0 Å². The van der Waals surface area contributed by atoms with E-state index in [1.54, 1.807) is 0 Å². The Morgan fingerprint density at radius 1 is 1.14 bits per heavy atom. The van der Waals surface area contributed by atoms with Gasteiger partial charge in [-0.05, 0) is 19.8 Å². The third kappa shape index (κ3) is 9.97. The summed E-state index contributed by atoms with van der Waals surface area (Å²) in [5, 5.41) is 6.59. The molecular formula is C16H34N4O2. The number of aliphatic imine (C=N–C) groups is 1. The van der Waals surface area contributed by atoms with Crippen molar-refractivity contribution in [2.75, 3.05) is 65.7 Å². The molecule has 130 valence electrons. The summed E-state index contributed by atoms with van der Waals surface area (Å²) in [6, 6.07) is 0. The molecule has 0 saturated carbocycles. The van der Waals surface area contributed by atoms with Gasteiger partial charge in [0.05, 0.1) is 19.8 Å². The van der Waals surface area contributed by atoms with Crippen molar-refractivity contribution in [2.45, 2.75) is 33.1 Å². The minimum Gasteiger partial charge on any atom is -0.380 e. The van der Waals surface area contributed by atoms with Crippen LogP contribution < -0.4 is 10.6 Å². The summed E-state index contributed by atoms with van der Waals surface area (Å²) < 4.78 is 10.9. The lowest BCUT2D eigenvalue weighted by Crippen LogP contribution is -2.39. The van der Waals surface area contributed by atoms with Crippen LogP contribution in [0.15, 0.2) is 4.99 Å². The minimum absolute atomic E-state index is 0.734. The summed E-state index contributed by atoms with van der Waals surface area (Å²) in [6.45, 7) is 13.3. The van der Waals surface area contributed by atoms with Crippen molar-refractivity contribution in [1.82, 2.24) is 15.5 Å². The largest absolute Gasteiger partial charge is 0.380 e. The van der Waals surface area contributed by atoms with E-state index < -0.39 is 0 Å². The summed E-state index contributed by atoms with van der Waals surface area (Å²) in [4.78, 5) is 7.06. The Hall–Kier alpha value is -0.850. The zero-order valence-electron chi connectivity index (χ0n) is 14.4. The van der Waals surface area contributed by atoms with Crippen molar-refractivity contribution in [2.24, 2.45) is 4.99 Å². The molecule has 1 saturated heterocycles. The van der Waals surface area contributed by atoms with Gasteiger partial charge in [-0.3, -0.25) is 9.89 Å². The second-order valence-electron chi connectivity index (χ2n) is 5.46. The summed E-state index contributed by atoms with van der Waals surface area (Å²) >= 11 is 0. The molecule has 0 amide bonds. The van der Waals surface area contributed by atoms with Crippen LogP contribution in [-0.4, -0.2) is 76.6 Å². The van der Waals surface area contributed by atoms with Crippen LogP contribution in [0.25, 0.3) is 0 Å². The molecule has 1 aliphatic rings. The first kappa shape index (κ1) is 19.2. The normalized spacial score (nSPS) is 16.7. The highest BCUT2D eigenvalue weighted by Gasteiger charge is 2.08. The highest BCUT2D eigenvalue weighted by atomic mass is 16.5. The van der Waals surface area contributed by atoms with E-state index in [4.69, 9.17) is 9.47 Å². The van der Waals surface area contributed by atoms with E-state index in [9.17, 15) is 0 Å². The molecule has 1 heterocycles. The SMILES string of the molecule is CCCCOCCNC(=NCCCN1CCOCC1)NCC. The fraction of sp³-hybridized carbons (Fsp3) is 0.938. The van der Waals surface area contributed by atoms with E-state index in [1.165, 1.54) is 6.42 Å². The van der Waals surface area contributed by atoms with Crippen LogP contribution in [0.1, 0.15) is 33.1 Å². The van der Waals surface area contributed by atoms with Crippen LogP contribution in [-0.2, 0) is 9.47 Å². The Bertz CT molecular complexity index is 281. The third-order valence-electron chi connectivity index (χ3n) is 3.53. The van der Waals surface area contributed by atoms with Crippen LogP contribution in [0.4, 0.5) is 0 Å². The van der Waals surface area contributed by atoms with Gasteiger partial charge in [0.15, 0.2) is 5.96 Å². The lowest BCUT2D eigenvalue weighted by atomic mass is 10.3. The lowest BCUT2D eigenvalue weighted by Gasteiger charge is -2.26. The van der Waals surface area contributed by atoms with E-state index in [2.05, 4.69) is 34.4 Å². The quantitative estimate of drug-likeness (QED) is 0.339. The standard InChI is InChI=1S/C16H34N4O2/c1-3-5-12-21-13-8-19-16(17-4-2)18-7-6-9-20-10-14-22-15-11-20/h3-15H2,1-2H3,(H2,17,18,19). The molecule has 0 unspecified atom stereocenters. The number of nitrogens with zero attached hydrogens (tertiary/aromatic N) is 2. The smallest absolute Gasteiger partial charge is 0.191 e. The molecule has 0 aromatic carbocycles. The Balaban J connectivity index is 2.09. The number of nitrogens with one attached hydrogen (secondary N) is 2. The van der Waals surface area contributed by atoms with Gasteiger partial charge in [0, 0.05) is 45.9 Å². The molecule has 0 bridgehead atoms. The maximum Gasteiger partial charge on any atom is 0.191 e. The van der Waals surface area contributed by atoms with Gasteiger partial charge in [0.2, 0.25) is 0 Å². The molecule has 1 fully saturated rings. The average molecular weight is 314 g/mol. The van der Waals surface area contributed by atoms with Gasteiger partial charge in [-0.1, -0.05) is 13.3 Å². The monoisotopic (exact) mass is 314 g/mol. The van der Waals surface area contributed by atoms with Crippen LogP contribution in [0.3, 0.4) is 0 Å². The van der Waals surface area contributed by atoms with Crippen molar-refractivity contribution in [3.05, 3.63) is 0 Å². The first-order valence-corrected chi connectivity index (χ1v) is 8.76. The number of ether oxygens (including phenoxy) is 2. The van der Waals surface area contributed by atoms with Crippen LogP contribution in [0.2, 0.25) is 0 Å². The van der Waals surface area contributed by atoms with Crippen LogP contribution >= 0.6 is 0 Å². The molecule has 6 heteroatoms. The van der Waals surface area contributed by atoms with E-state index in [0.717, 1.165) is 84.5 Å². The fourth-order valence-corrected chi connectivity index (χ4v) is 2.24. The van der Waals surface area contributed by atoms with E-state index >= 15 is 0 Å². The second kappa shape index (κ2) is 13.8. The minimum atomic E-state index is 0.734. The molecule has 0 atom stereocenters. The van der Waals surface area contributed by atoms with E-state index in [0.29, 0.717) is 0 Å². The topological polar surface area (TPSA) is 58.1 Å². The summed E-state index contributed by atoms with van der Waals surface area (Å²) in [5.41, 5.74) is 0. The predicted octanol–water partition coefficient (Wildman–Crippen LogP) is 1.08. The van der Waals surface area contributed by atoms with E-state index in [1.807, 2.05) is 0 Å². The number of morpholine rings is 1. The molecule has 2 N–H and O–H groups in total. The van der Waals surface area contributed by atoms with Crippen molar-refractivity contribution in [3.8, 4) is 0 Å². The number of unbranched alkanes of at least 4 members (excludes halogenated alkanes) is 1. The fourth-order valence-electron chi connectivity index (χ4n) is 2.24. The van der Waals surface area contributed by atoms with Gasteiger partial charge >= 0.3 is 0 Å². The molecule has 6 nitrogen and oxygen atoms in total. The summed E-state index contributed by atoms with van der Waals surface area (Å²) in [7, 11) is 0. The van der Waals surface area contributed by atoms with Gasteiger partial charge in [0.1, 0.15) is 0 Å². The van der Waals surface area contributed by atoms with Crippen molar-refractivity contribution in [1.29, 1.82) is 0 Å². The molecule has 1 aliphatic heterocycles. The molecule has 0 aromatic heterocycles. The predicted molar refractivity (Wildman–Crippen MR) is 91.6 cm³/mol. The second-order valence-corrected chi connectivity index (χ2v) is 5.46. The average Bonchev–Trinajstić information content (AvgIpc) is 2.55. The van der Waals surface area contributed by atoms with Crippen molar-refractivity contribution in [3.63, 3.8) is 0 Å². The summed E-state index contributed by atoms with van der Waals surface area (Å²) in [6.07, 6.45) is 3.40. The van der Waals surface area contributed by atoms with Gasteiger partial charge in [-0.15, -0.1) is 0 Å². The molecule has 1 rings (SSSR count). The van der Waals surface area contributed by atoms with Crippen LogP contribution in [0.5, 0.6) is 0 Å². The highest BCUT2D eigenvalue weighted by Crippen LogP contribution is 1.98. The molecule has 22 heavy (non-hydrogen) atoms. The Morgan fingerprint density at radius 3 is 2.68 bits per heavy atom. The zero-order valence-corrected chi connectivity index (χ0v) is 14.4. The zero-order chi connectivity index (χ0) is 15.9. The van der Waals surface area contributed by atoms with Crippen molar-refractivity contribution >= 4 is 5.96 Å². The number of hydrogen-bond acceptors (Lipinski definition) is 4. The summed E-state index contributed by atoms with van der Waals surface area (Å²) in [5.74, 6) is 0.892. The molecule has 0 aliphatic carbocycles. The Labute approximate surface area is 135 Å². The van der Waals surface area contributed by atoms with Crippen molar-refractivity contribution < 1.29 is 9.47 Å². The van der Waals surface area contributed by atoms with Gasteiger partial charge in [-0.25, -0.2) is 0 Å². The molecular weight excluding hydrogens is 280 g/mol. The Morgan fingerprint density at radius 2 is 1.95 bits per heavy atom. The number of guanidine groups is 1. The van der Waals surface area contributed by atoms with Gasteiger partial charge < -0.3 is 20.1 Å². The van der Waals surface area contributed by atoms with Crippen LogP contribution in [0, 0.1) is 0 Å². The Kier molecular flexibility index (Phi) is 12.0. The first-order valence-electron chi connectivity index (χ1n) is 8.76. The van der Waals surface area contributed by atoms with E-state index in [-0.39, 0.29) is 0 Å². The molecule has 0 radical (unpaired) electrons. The third-order valence-corrected chi connectivity index (χ3v) is 3.53. The number of hydrogen-bond donors (Lipinski definition) is 2. The highest BCUT2D eigenvalue weighted by molar-refractivity contribution is 5.79. The molecule has 0 spiro atoms. The van der Waals surface area contributed by atoms with Gasteiger partial charge in [-0.2, -0.15) is 0 Å². The maximum atomic E-state index is 5.54. The first-order chi connectivity index (χ1) is 10.9.